The largest absolute Gasteiger partial charge is 0.482 e. The monoisotopic (exact) mass is 584 g/mol. The summed E-state index contributed by atoms with van der Waals surface area (Å²) in [6, 6.07) is 5.31. The molecule has 1 aromatic rings. The van der Waals surface area contributed by atoms with E-state index in [2.05, 4.69) is 74.7 Å². The number of esters is 1. The number of fused-ring (bicyclic) bond motifs is 5. The van der Waals surface area contributed by atoms with Gasteiger partial charge in [0.2, 0.25) is 0 Å². The molecule has 0 unspecified atom stereocenters. The zero-order chi connectivity index (χ0) is 13.7. The summed E-state index contributed by atoms with van der Waals surface area (Å²) >= 11 is 6.88. The SMILES string of the molecule is CC(I)=C(I)I.Cc1cc2ccc1OCC(=O)O2. The molecule has 2 bridgehead atoms. The van der Waals surface area contributed by atoms with E-state index < -0.39 is 0 Å². The van der Waals surface area contributed by atoms with Gasteiger partial charge in [-0.25, -0.2) is 4.79 Å². The minimum absolute atomic E-state index is 0.00560. The molecular weight excluding hydrogens is 573 g/mol. The van der Waals surface area contributed by atoms with E-state index in [1.165, 1.54) is 5.17 Å². The van der Waals surface area contributed by atoms with Gasteiger partial charge in [-0.3, -0.25) is 0 Å². The lowest BCUT2D eigenvalue weighted by Gasteiger charge is -2.14. The summed E-state index contributed by atoms with van der Waals surface area (Å²) in [5.41, 5.74) is 0.986. The molecule has 0 aliphatic carbocycles. The van der Waals surface area contributed by atoms with Gasteiger partial charge >= 0.3 is 5.97 Å². The van der Waals surface area contributed by atoms with Crippen molar-refractivity contribution in [2.45, 2.75) is 13.8 Å². The molecule has 18 heavy (non-hydrogen) atoms. The van der Waals surface area contributed by atoms with Gasteiger partial charge in [-0.05, 0) is 105 Å². The number of halogens is 3. The van der Waals surface area contributed by atoms with E-state index in [0.29, 0.717) is 5.75 Å². The van der Waals surface area contributed by atoms with E-state index in [4.69, 9.17) is 9.47 Å². The highest BCUT2D eigenvalue weighted by atomic mass is 127. The van der Waals surface area contributed by atoms with Crippen LogP contribution in [0.4, 0.5) is 0 Å². The fourth-order valence-corrected chi connectivity index (χ4v) is 1.14. The van der Waals surface area contributed by atoms with Crippen molar-refractivity contribution in [1.82, 2.24) is 0 Å². The van der Waals surface area contributed by atoms with Crippen molar-refractivity contribution in [2.24, 2.45) is 0 Å². The number of benzene rings is 1. The third-order valence-electron chi connectivity index (χ3n) is 1.98. The van der Waals surface area contributed by atoms with Crippen LogP contribution in [0, 0.1) is 6.92 Å². The molecule has 2 heterocycles. The lowest BCUT2D eigenvalue weighted by atomic mass is 10.2. The first kappa shape index (κ1) is 16.5. The Morgan fingerprint density at radius 1 is 1.28 bits per heavy atom. The van der Waals surface area contributed by atoms with Crippen molar-refractivity contribution in [3.63, 3.8) is 0 Å². The van der Waals surface area contributed by atoms with Crippen LogP contribution in [0.1, 0.15) is 12.5 Å². The summed E-state index contributed by atoms with van der Waals surface area (Å²) in [4.78, 5) is 10.9. The molecule has 0 aromatic heterocycles. The van der Waals surface area contributed by atoms with Crippen molar-refractivity contribution in [2.75, 3.05) is 6.61 Å². The van der Waals surface area contributed by atoms with Crippen LogP contribution in [0.5, 0.6) is 11.5 Å². The first-order valence-electron chi connectivity index (χ1n) is 5.01. The summed E-state index contributed by atoms with van der Waals surface area (Å²) in [5, 5.41) is 0. The van der Waals surface area contributed by atoms with Crippen molar-refractivity contribution in [1.29, 1.82) is 0 Å². The minimum Gasteiger partial charge on any atom is -0.482 e. The summed E-state index contributed by atoms with van der Waals surface area (Å²) in [6.45, 7) is 4.00. The zero-order valence-electron chi connectivity index (χ0n) is 9.80. The van der Waals surface area contributed by atoms with Gasteiger partial charge in [0.15, 0.2) is 6.61 Å². The number of rotatable bonds is 0. The van der Waals surface area contributed by atoms with Crippen LogP contribution in [0.25, 0.3) is 0 Å². The molecule has 0 saturated carbocycles. The van der Waals surface area contributed by atoms with Crippen molar-refractivity contribution in [3.8, 4) is 11.5 Å². The second-order valence-corrected chi connectivity index (χ2v) is 9.32. The van der Waals surface area contributed by atoms with Gasteiger partial charge < -0.3 is 9.47 Å². The van der Waals surface area contributed by atoms with E-state index >= 15 is 0 Å². The van der Waals surface area contributed by atoms with Crippen LogP contribution in [0.15, 0.2) is 23.4 Å². The Morgan fingerprint density at radius 3 is 2.39 bits per heavy atom. The Bertz CT molecular complexity index is 465. The van der Waals surface area contributed by atoms with E-state index in [1.54, 1.807) is 18.2 Å². The Balaban J connectivity index is 0.000000232. The molecule has 2 aliphatic rings. The average molecular weight is 584 g/mol. The highest BCUT2D eigenvalue weighted by molar-refractivity contribution is 14.2. The van der Waals surface area contributed by atoms with Crippen LogP contribution >= 0.6 is 67.8 Å². The highest BCUT2D eigenvalue weighted by Gasteiger charge is 2.12. The van der Waals surface area contributed by atoms with Crippen LogP contribution in [-0.2, 0) is 4.79 Å². The summed E-state index contributed by atoms with van der Waals surface area (Å²) < 4.78 is 12.8. The molecule has 98 valence electrons. The van der Waals surface area contributed by atoms with Crippen LogP contribution in [0.2, 0.25) is 0 Å². The first-order valence-corrected chi connectivity index (χ1v) is 8.25. The summed E-state index contributed by atoms with van der Waals surface area (Å²) in [5.74, 6) is 0.982. The Kier molecular flexibility index (Phi) is 7.21. The molecule has 3 nitrogen and oxygen atoms in total. The molecule has 1 aromatic carbocycles. The van der Waals surface area contributed by atoms with E-state index in [0.717, 1.165) is 11.3 Å². The minimum atomic E-state index is -0.351. The van der Waals surface area contributed by atoms with Crippen molar-refractivity contribution < 1.29 is 14.3 Å². The quantitative estimate of drug-likeness (QED) is 0.251. The molecule has 0 fully saturated rings. The smallest absolute Gasteiger partial charge is 0.349 e. The van der Waals surface area contributed by atoms with Crippen molar-refractivity contribution in [3.05, 3.63) is 28.9 Å². The number of aryl methyl sites for hydroxylation is 1. The van der Waals surface area contributed by atoms with Gasteiger partial charge in [0.1, 0.15) is 11.5 Å². The maximum Gasteiger partial charge on any atom is 0.349 e. The fourth-order valence-electron chi connectivity index (χ4n) is 1.14. The second kappa shape index (κ2) is 7.88. The van der Waals surface area contributed by atoms with E-state index in [-0.39, 0.29) is 12.6 Å². The predicted octanol–water partition coefficient (Wildman–Crippen LogP) is 4.77. The number of allylic oxidation sites excluding steroid dienone is 1. The highest BCUT2D eigenvalue weighted by Crippen LogP contribution is 2.25. The molecule has 0 amide bonds. The predicted molar refractivity (Wildman–Crippen MR) is 97.1 cm³/mol. The molecule has 2 aliphatic heterocycles. The average Bonchev–Trinajstić information content (AvgIpc) is 2.25. The fraction of sp³-hybridized carbons (Fsp3) is 0.250. The number of ether oxygens (including phenoxy) is 2. The summed E-state index contributed by atoms with van der Waals surface area (Å²) in [7, 11) is 0. The van der Waals surface area contributed by atoms with Crippen LogP contribution in [0.3, 0.4) is 0 Å². The van der Waals surface area contributed by atoms with Crippen molar-refractivity contribution >= 4 is 73.7 Å². The summed E-state index contributed by atoms with van der Waals surface area (Å²) in [6.07, 6.45) is 0. The van der Waals surface area contributed by atoms with Crippen LogP contribution < -0.4 is 9.47 Å². The van der Waals surface area contributed by atoms with Crippen LogP contribution in [-0.4, -0.2) is 12.6 Å². The maximum absolute atomic E-state index is 10.9. The molecule has 3 rings (SSSR count). The molecule has 0 spiro atoms. The lowest BCUT2D eigenvalue weighted by molar-refractivity contribution is -0.136. The van der Waals surface area contributed by atoms with Gasteiger partial charge in [-0.15, -0.1) is 0 Å². The molecule has 0 saturated heterocycles. The zero-order valence-corrected chi connectivity index (χ0v) is 16.3. The van der Waals surface area contributed by atoms with E-state index in [1.807, 2.05) is 6.92 Å². The molecule has 0 atom stereocenters. The molecule has 0 radical (unpaired) electrons. The number of carbonyl (C=O) groups is 1. The first-order chi connectivity index (χ1) is 8.40. The third-order valence-corrected chi connectivity index (χ3v) is 6.21. The maximum atomic E-state index is 10.9. The molecular formula is C12H11I3O3. The number of carbonyl (C=O) groups excluding carboxylic acids is 1. The Morgan fingerprint density at radius 2 is 1.89 bits per heavy atom. The number of hydrogen-bond donors (Lipinski definition) is 0. The van der Waals surface area contributed by atoms with E-state index in [9.17, 15) is 4.79 Å². The number of hydrogen-bond acceptors (Lipinski definition) is 3. The Labute approximate surface area is 147 Å². The lowest BCUT2D eigenvalue weighted by Crippen LogP contribution is -2.19. The van der Waals surface area contributed by atoms with Gasteiger partial charge in [0.25, 0.3) is 0 Å². The van der Waals surface area contributed by atoms with Gasteiger partial charge in [0.05, 0.1) is 1.59 Å². The molecule has 0 N–H and O–H groups in total. The topological polar surface area (TPSA) is 35.5 Å². The normalized spacial score (nSPS) is 12.4. The van der Waals surface area contributed by atoms with Gasteiger partial charge in [-0.1, -0.05) is 0 Å². The third kappa shape index (κ3) is 5.59. The second-order valence-electron chi connectivity index (χ2n) is 3.48. The van der Waals surface area contributed by atoms with Gasteiger partial charge in [0, 0.05) is 3.58 Å². The Hall–Kier alpha value is 0.420. The van der Waals surface area contributed by atoms with Gasteiger partial charge in [-0.2, -0.15) is 0 Å². The molecule has 6 heteroatoms. The standard InChI is InChI=1S/C9H8O3.C3H3I3/c1-6-4-7-2-3-8(6)11-5-9(10)12-7;1-2(4)3(5)6/h2-4H,5H2,1H3;1H3.